The number of nitrogens with one attached hydrogen (secondary N) is 1. The van der Waals surface area contributed by atoms with E-state index >= 15 is 0 Å². The van der Waals surface area contributed by atoms with Gasteiger partial charge in [-0.3, -0.25) is 0 Å². The maximum atomic E-state index is 10.2. The van der Waals surface area contributed by atoms with Crippen molar-refractivity contribution in [2.45, 2.75) is 25.7 Å². The molecule has 4 nitrogen and oxygen atoms in total. The Morgan fingerprint density at radius 1 is 1.19 bits per heavy atom. The Labute approximate surface area is 124 Å². The van der Waals surface area contributed by atoms with Crippen molar-refractivity contribution in [2.24, 2.45) is 0 Å². The number of nitrogens with zero attached hydrogens (tertiary/aromatic N) is 2. The lowest BCUT2D eigenvalue weighted by Crippen LogP contribution is -2.12. The molecule has 0 atom stereocenters. The summed E-state index contributed by atoms with van der Waals surface area (Å²) in [6.07, 6.45) is 9.62. The molecular formula is C17H17N3O. The van der Waals surface area contributed by atoms with Crippen molar-refractivity contribution >= 4 is 5.82 Å². The summed E-state index contributed by atoms with van der Waals surface area (Å²) in [5, 5.41) is 21.9. The van der Waals surface area contributed by atoms with Crippen LogP contribution in [-0.4, -0.2) is 22.4 Å². The molecule has 0 amide bonds. The second-order valence-electron chi connectivity index (χ2n) is 5.19. The van der Waals surface area contributed by atoms with Gasteiger partial charge in [0.2, 0.25) is 0 Å². The van der Waals surface area contributed by atoms with Crippen LogP contribution in [0.4, 0.5) is 5.82 Å². The van der Waals surface area contributed by atoms with Gasteiger partial charge in [-0.2, -0.15) is 0 Å². The van der Waals surface area contributed by atoms with E-state index in [0.29, 0.717) is 11.1 Å². The molecule has 4 heteroatoms. The second kappa shape index (κ2) is 5.45. The van der Waals surface area contributed by atoms with Crippen molar-refractivity contribution in [3.05, 3.63) is 34.9 Å². The van der Waals surface area contributed by atoms with Gasteiger partial charge in [-0.15, -0.1) is 16.6 Å². The Kier molecular flexibility index (Phi) is 3.49. The number of fused-ring (bicyclic) bond motifs is 1. The zero-order valence-electron chi connectivity index (χ0n) is 12.0. The average Bonchev–Trinajstić information content (AvgIpc) is 2.54. The lowest BCUT2D eigenvalue weighted by molar-refractivity contribution is 0.476. The molecular weight excluding hydrogens is 262 g/mol. The van der Waals surface area contributed by atoms with Crippen LogP contribution in [0.25, 0.3) is 11.3 Å². The van der Waals surface area contributed by atoms with E-state index in [1.54, 1.807) is 6.07 Å². The lowest BCUT2D eigenvalue weighted by Gasteiger charge is -2.21. The predicted octanol–water partition coefficient (Wildman–Crippen LogP) is 2.75. The summed E-state index contributed by atoms with van der Waals surface area (Å²) < 4.78 is 0. The van der Waals surface area contributed by atoms with Gasteiger partial charge in [-0.1, -0.05) is 5.92 Å². The zero-order chi connectivity index (χ0) is 14.8. The fourth-order valence-electron chi connectivity index (χ4n) is 2.89. The fraction of sp³-hybridized carbons (Fsp3) is 0.294. The number of benzene rings is 1. The maximum absolute atomic E-state index is 10.2. The van der Waals surface area contributed by atoms with Gasteiger partial charge in [0.25, 0.3) is 0 Å². The van der Waals surface area contributed by atoms with Gasteiger partial charge in [0.1, 0.15) is 11.4 Å². The van der Waals surface area contributed by atoms with Crippen molar-refractivity contribution < 1.29 is 5.11 Å². The van der Waals surface area contributed by atoms with Crippen LogP contribution in [0, 0.1) is 12.3 Å². The highest BCUT2D eigenvalue weighted by atomic mass is 16.3. The molecule has 0 bridgehead atoms. The number of rotatable bonds is 2. The van der Waals surface area contributed by atoms with Crippen molar-refractivity contribution in [2.75, 3.05) is 12.4 Å². The molecule has 2 aromatic rings. The summed E-state index contributed by atoms with van der Waals surface area (Å²) in [5.74, 6) is 3.52. The van der Waals surface area contributed by atoms with Crippen molar-refractivity contribution in [1.82, 2.24) is 10.2 Å². The third-order valence-electron chi connectivity index (χ3n) is 3.95. The molecule has 0 saturated heterocycles. The van der Waals surface area contributed by atoms with Crippen molar-refractivity contribution in [3.63, 3.8) is 0 Å². The van der Waals surface area contributed by atoms with Crippen molar-refractivity contribution in [1.29, 1.82) is 0 Å². The highest BCUT2D eigenvalue weighted by Gasteiger charge is 2.21. The summed E-state index contributed by atoms with van der Waals surface area (Å²) in [6.45, 7) is 0. The van der Waals surface area contributed by atoms with Gasteiger partial charge in [-0.25, -0.2) is 0 Å². The number of hydrogen-bond acceptors (Lipinski definition) is 4. The van der Waals surface area contributed by atoms with Crippen LogP contribution < -0.4 is 5.32 Å². The first-order valence-corrected chi connectivity index (χ1v) is 7.10. The van der Waals surface area contributed by atoms with Gasteiger partial charge in [0.15, 0.2) is 5.82 Å². The summed E-state index contributed by atoms with van der Waals surface area (Å²) in [4.78, 5) is 0. The molecule has 1 aliphatic rings. The number of anilines is 1. The van der Waals surface area contributed by atoms with Crippen LogP contribution in [0.3, 0.4) is 0 Å². The summed E-state index contributed by atoms with van der Waals surface area (Å²) in [5.41, 5.74) is 4.52. The lowest BCUT2D eigenvalue weighted by atomic mass is 9.89. The topological polar surface area (TPSA) is 58.0 Å². The van der Waals surface area contributed by atoms with Crippen LogP contribution in [0.5, 0.6) is 5.75 Å². The summed E-state index contributed by atoms with van der Waals surface area (Å²) >= 11 is 0. The number of hydrogen-bond donors (Lipinski definition) is 2. The SMILES string of the molecule is C#Cc1ccc(-c2nnc(NC)c3c2CCCC3)c(O)c1. The molecule has 106 valence electrons. The fourth-order valence-corrected chi connectivity index (χ4v) is 2.89. The van der Waals surface area contributed by atoms with E-state index in [-0.39, 0.29) is 5.75 Å². The molecule has 2 N–H and O–H groups in total. The maximum Gasteiger partial charge on any atom is 0.151 e. The van der Waals surface area contributed by atoms with Crippen LogP contribution >= 0.6 is 0 Å². The van der Waals surface area contributed by atoms with E-state index in [1.165, 1.54) is 11.1 Å². The minimum Gasteiger partial charge on any atom is -0.507 e. The Bertz CT molecular complexity index is 732. The van der Waals surface area contributed by atoms with E-state index in [1.807, 2.05) is 19.2 Å². The minimum absolute atomic E-state index is 0.157. The highest BCUT2D eigenvalue weighted by Crippen LogP contribution is 2.36. The number of terminal acetylenes is 1. The molecule has 3 rings (SSSR count). The predicted molar refractivity (Wildman–Crippen MR) is 83.3 cm³/mol. The highest BCUT2D eigenvalue weighted by molar-refractivity contribution is 5.73. The van der Waals surface area contributed by atoms with Gasteiger partial charge >= 0.3 is 0 Å². The molecule has 0 aliphatic heterocycles. The average molecular weight is 279 g/mol. The van der Waals surface area contributed by atoms with Gasteiger partial charge in [0, 0.05) is 23.7 Å². The van der Waals surface area contributed by atoms with Crippen molar-refractivity contribution in [3.8, 4) is 29.4 Å². The minimum atomic E-state index is 0.157. The standard InChI is InChI=1S/C17H17N3O/c1-3-11-8-9-14(15(21)10-11)16-12-6-4-5-7-13(12)17(18-2)20-19-16/h1,8-10,21H,4-7H2,2H3,(H,18,20). The molecule has 0 unspecified atom stereocenters. The van der Waals surface area contributed by atoms with Crippen LogP contribution in [0.1, 0.15) is 29.5 Å². The Morgan fingerprint density at radius 2 is 1.95 bits per heavy atom. The largest absolute Gasteiger partial charge is 0.507 e. The molecule has 1 aromatic carbocycles. The molecule has 1 aliphatic carbocycles. The Balaban J connectivity index is 2.17. The van der Waals surface area contributed by atoms with E-state index in [4.69, 9.17) is 6.42 Å². The Hall–Kier alpha value is -2.54. The third-order valence-corrected chi connectivity index (χ3v) is 3.95. The third kappa shape index (κ3) is 2.31. The molecule has 0 saturated carbocycles. The zero-order valence-corrected chi connectivity index (χ0v) is 12.0. The number of aromatic nitrogens is 2. The second-order valence-corrected chi connectivity index (χ2v) is 5.19. The van der Waals surface area contributed by atoms with Gasteiger partial charge < -0.3 is 10.4 Å². The molecule has 0 spiro atoms. The number of aromatic hydroxyl groups is 1. The first-order valence-electron chi connectivity index (χ1n) is 7.10. The van der Waals surface area contributed by atoms with Gasteiger partial charge in [-0.05, 0) is 49.4 Å². The van der Waals surface area contributed by atoms with Crippen LogP contribution in [0.15, 0.2) is 18.2 Å². The molecule has 0 radical (unpaired) electrons. The van der Waals surface area contributed by atoms with Crippen LogP contribution in [0.2, 0.25) is 0 Å². The van der Waals surface area contributed by atoms with E-state index < -0.39 is 0 Å². The monoisotopic (exact) mass is 279 g/mol. The number of phenols is 1. The Morgan fingerprint density at radius 3 is 2.62 bits per heavy atom. The molecule has 0 fully saturated rings. The van der Waals surface area contributed by atoms with Crippen LogP contribution in [-0.2, 0) is 12.8 Å². The summed E-state index contributed by atoms with van der Waals surface area (Å²) in [6, 6.07) is 5.23. The summed E-state index contributed by atoms with van der Waals surface area (Å²) in [7, 11) is 1.86. The van der Waals surface area contributed by atoms with E-state index in [9.17, 15) is 5.11 Å². The number of phenolic OH excluding ortho intramolecular Hbond substituents is 1. The quantitative estimate of drug-likeness (QED) is 0.830. The smallest absolute Gasteiger partial charge is 0.151 e. The first kappa shape index (κ1) is 13.4. The molecule has 21 heavy (non-hydrogen) atoms. The van der Waals surface area contributed by atoms with E-state index in [0.717, 1.165) is 37.2 Å². The normalized spacial score (nSPS) is 13.3. The van der Waals surface area contributed by atoms with Gasteiger partial charge in [0.05, 0.1) is 0 Å². The molecule has 1 heterocycles. The van der Waals surface area contributed by atoms with E-state index in [2.05, 4.69) is 21.4 Å². The first-order chi connectivity index (χ1) is 10.2. The molecule has 1 aromatic heterocycles.